The lowest BCUT2D eigenvalue weighted by Crippen LogP contribution is -2.27. The molecule has 0 aromatic rings. The molecule has 0 spiro atoms. The first-order chi connectivity index (χ1) is 5.62. The maximum atomic E-state index is 5.73. The highest BCUT2D eigenvalue weighted by molar-refractivity contribution is 6.71. The number of unbranched alkanes of at least 4 members (excludes halogenated alkanes) is 1. The smallest absolute Gasteiger partial charge is 0.244 e. The molecule has 0 aromatic carbocycles. The van der Waals surface area contributed by atoms with Crippen molar-refractivity contribution in [1.82, 2.24) is 0 Å². The van der Waals surface area contributed by atoms with E-state index in [9.17, 15) is 0 Å². The summed E-state index contributed by atoms with van der Waals surface area (Å²) in [7, 11) is -1.35. The summed E-state index contributed by atoms with van der Waals surface area (Å²) in [6, 6.07) is 1.28. The minimum absolute atomic E-state index is 1.07. The summed E-state index contributed by atoms with van der Waals surface area (Å²) in [5, 5.41) is 0. The van der Waals surface area contributed by atoms with Gasteiger partial charge in [-0.2, -0.15) is 0 Å². The second kappa shape index (κ2) is 6.29. The molecule has 0 heterocycles. The lowest BCUT2D eigenvalue weighted by atomic mass is 10.4. The van der Waals surface area contributed by atoms with Crippen LogP contribution in [0, 0.1) is 0 Å². The van der Waals surface area contributed by atoms with Gasteiger partial charge in [0.05, 0.1) is 6.26 Å². The van der Waals surface area contributed by atoms with E-state index in [0.717, 1.165) is 6.42 Å². The highest BCUT2D eigenvalue weighted by Crippen LogP contribution is 2.15. The molecular weight excluding hydrogens is 164 g/mol. The van der Waals surface area contributed by atoms with Gasteiger partial charge in [-0.15, -0.1) is 0 Å². The van der Waals surface area contributed by atoms with Gasteiger partial charge >= 0.3 is 0 Å². The molecule has 0 rings (SSSR count). The summed E-state index contributed by atoms with van der Waals surface area (Å²) >= 11 is 0. The Morgan fingerprint density at radius 3 is 2.42 bits per heavy atom. The van der Waals surface area contributed by atoms with E-state index in [2.05, 4.69) is 33.0 Å². The molecule has 0 amide bonds. The summed E-state index contributed by atoms with van der Waals surface area (Å²) in [5.74, 6) is 0. The van der Waals surface area contributed by atoms with E-state index in [0.29, 0.717) is 0 Å². The minimum Gasteiger partial charge on any atom is -0.550 e. The van der Waals surface area contributed by atoms with Crippen LogP contribution in [0.1, 0.15) is 33.1 Å². The maximum absolute atomic E-state index is 5.73. The van der Waals surface area contributed by atoms with Gasteiger partial charge in [-0.25, -0.2) is 0 Å². The quantitative estimate of drug-likeness (QED) is 0.451. The second-order valence-corrected chi connectivity index (χ2v) is 8.02. The fourth-order valence-electron chi connectivity index (χ4n) is 0.990. The molecule has 0 N–H and O–H groups in total. The highest BCUT2D eigenvalue weighted by atomic mass is 28.4. The third-order valence-corrected chi connectivity index (χ3v) is 4.18. The predicted octanol–water partition coefficient (Wildman–Crippen LogP) is 3.93. The molecule has 0 aliphatic heterocycles. The van der Waals surface area contributed by atoms with Gasteiger partial charge < -0.3 is 4.43 Å². The molecule has 0 radical (unpaired) electrons. The van der Waals surface area contributed by atoms with E-state index < -0.39 is 8.32 Å². The third kappa shape index (κ3) is 6.47. The Labute approximate surface area is 78.0 Å². The van der Waals surface area contributed by atoms with E-state index in [4.69, 9.17) is 4.43 Å². The fourth-order valence-corrected chi connectivity index (χ4v) is 2.78. The average Bonchev–Trinajstić information content (AvgIpc) is 2.01. The summed E-state index contributed by atoms with van der Waals surface area (Å²) in [5.41, 5.74) is 0. The van der Waals surface area contributed by atoms with Gasteiger partial charge in [-0.05, 0) is 25.6 Å². The number of rotatable bonds is 6. The Bertz CT molecular complexity index is 130. The maximum Gasteiger partial charge on any atom is 0.244 e. The van der Waals surface area contributed by atoms with Crippen LogP contribution in [0.3, 0.4) is 0 Å². The molecule has 0 unspecified atom stereocenters. The van der Waals surface area contributed by atoms with Crippen molar-refractivity contribution >= 4 is 8.32 Å². The van der Waals surface area contributed by atoms with Gasteiger partial charge in [-0.3, -0.25) is 0 Å². The standard InChI is InChI=1S/C10H22OSi/c1-5-7-9-11-12(3,4)10-8-6-2/h7,9H,5-6,8,10H2,1-4H3. The third-order valence-electron chi connectivity index (χ3n) is 1.85. The summed E-state index contributed by atoms with van der Waals surface area (Å²) < 4.78 is 5.73. The van der Waals surface area contributed by atoms with Crippen LogP contribution in [0.25, 0.3) is 0 Å². The van der Waals surface area contributed by atoms with Crippen molar-refractivity contribution in [2.75, 3.05) is 0 Å². The highest BCUT2D eigenvalue weighted by Gasteiger charge is 2.21. The van der Waals surface area contributed by atoms with Crippen LogP contribution >= 0.6 is 0 Å². The first-order valence-corrected chi connectivity index (χ1v) is 8.06. The Hall–Kier alpha value is -0.243. The van der Waals surface area contributed by atoms with Gasteiger partial charge in [0.2, 0.25) is 8.32 Å². The van der Waals surface area contributed by atoms with E-state index in [1.54, 1.807) is 0 Å². The SMILES string of the molecule is CCC=CO[Si](C)(C)CCCC. The van der Waals surface area contributed by atoms with Crippen LogP contribution in [0.2, 0.25) is 19.1 Å². The number of hydrogen-bond acceptors (Lipinski definition) is 1. The Balaban J connectivity index is 3.62. The molecular formula is C10H22OSi. The van der Waals surface area contributed by atoms with Gasteiger partial charge in [0.1, 0.15) is 0 Å². The molecule has 0 aliphatic carbocycles. The Morgan fingerprint density at radius 2 is 1.92 bits per heavy atom. The molecule has 12 heavy (non-hydrogen) atoms. The first-order valence-electron chi connectivity index (χ1n) is 4.95. The zero-order valence-corrected chi connectivity index (χ0v) is 9.89. The zero-order chi connectivity index (χ0) is 9.45. The van der Waals surface area contributed by atoms with Gasteiger partial charge in [0.15, 0.2) is 0 Å². The van der Waals surface area contributed by atoms with Crippen LogP contribution in [-0.2, 0) is 4.43 Å². The molecule has 0 saturated heterocycles. The van der Waals surface area contributed by atoms with Gasteiger partial charge in [-0.1, -0.05) is 32.8 Å². The van der Waals surface area contributed by atoms with E-state index >= 15 is 0 Å². The van der Waals surface area contributed by atoms with Crippen molar-refractivity contribution in [3.8, 4) is 0 Å². The van der Waals surface area contributed by atoms with Crippen LogP contribution in [0.15, 0.2) is 12.3 Å². The van der Waals surface area contributed by atoms with Crippen molar-refractivity contribution in [2.45, 2.75) is 52.2 Å². The summed E-state index contributed by atoms with van der Waals surface area (Å²) in [4.78, 5) is 0. The molecule has 72 valence electrons. The molecule has 0 bridgehead atoms. The van der Waals surface area contributed by atoms with Crippen molar-refractivity contribution < 1.29 is 4.43 Å². The Morgan fingerprint density at radius 1 is 1.25 bits per heavy atom. The first kappa shape index (κ1) is 11.8. The lowest BCUT2D eigenvalue weighted by molar-refractivity contribution is 0.465. The van der Waals surface area contributed by atoms with Crippen LogP contribution in [0.4, 0.5) is 0 Å². The molecule has 0 saturated carbocycles. The largest absolute Gasteiger partial charge is 0.550 e. The van der Waals surface area contributed by atoms with E-state index in [1.165, 1.54) is 18.9 Å². The normalized spacial score (nSPS) is 12.3. The molecule has 1 nitrogen and oxygen atoms in total. The molecule has 0 fully saturated rings. The van der Waals surface area contributed by atoms with Gasteiger partial charge in [0.25, 0.3) is 0 Å². The molecule has 0 atom stereocenters. The monoisotopic (exact) mass is 186 g/mol. The lowest BCUT2D eigenvalue weighted by Gasteiger charge is -2.20. The Kier molecular flexibility index (Phi) is 6.16. The van der Waals surface area contributed by atoms with E-state index in [-0.39, 0.29) is 0 Å². The second-order valence-electron chi connectivity index (χ2n) is 3.76. The summed E-state index contributed by atoms with van der Waals surface area (Å²) in [6.45, 7) is 8.91. The topological polar surface area (TPSA) is 9.23 Å². The van der Waals surface area contributed by atoms with Crippen molar-refractivity contribution in [2.24, 2.45) is 0 Å². The summed E-state index contributed by atoms with van der Waals surface area (Å²) in [6.07, 6.45) is 7.62. The molecule has 2 heteroatoms. The number of allylic oxidation sites excluding steroid dienone is 1. The van der Waals surface area contributed by atoms with Gasteiger partial charge in [0, 0.05) is 0 Å². The van der Waals surface area contributed by atoms with Crippen LogP contribution in [-0.4, -0.2) is 8.32 Å². The fraction of sp³-hybridized carbons (Fsp3) is 0.800. The predicted molar refractivity (Wildman–Crippen MR) is 57.7 cm³/mol. The molecule has 0 aromatic heterocycles. The van der Waals surface area contributed by atoms with Crippen LogP contribution in [0.5, 0.6) is 0 Å². The average molecular weight is 186 g/mol. The number of hydrogen-bond donors (Lipinski definition) is 0. The van der Waals surface area contributed by atoms with E-state index in [1.807, 2.05) is 6.26 Å². The van der Waals surface area contributed by atoms with Crippen molar-refractivity contribution in [3.63, 3.8) is 0 Å². The molecule has 0 aliphatic rings. The van der Waals surface area contributed by atoms with Crippen LogP contribution < -0.4 is 0 Å². The van der Waals surface area contributed by atoms with Crippen molar-refractivity contribution in [1.29, 1.82) is 0 Å². The minimum atomic E-state index is -1.35. The van der Waals surface area contributed by atoms with Crippen molar-refractivity contribution in [3.05, 3.63) is 12.3 Å². The zero-order valence-electron chi connectivity index (χ0n) is 8.89.